The van der Waals surface area contributed by atoms with Crippen LogP contribution >= 0.6 is 0 Å². The summed E-state index contributed by atoms with van der Waals surface area (Å²) in [6.07, 6.45) is -0.939. The standard InChI is InChI=1S/C25H31F3N4O5S/c1-3-4-11-32-19-14-24(30-23(34)21(19)22(31-32)29-20(33)15-38(2,35)36)10-8-16-13-17(6-7-18(16)24)37-12-5-9-25(26,27)28/h6-7,13H,3-5,8-12,14-15H2,1-2H3,(H,30,34)(H,29,31,33)/t24-/m0/s1. The van der Waals surface area contributed by atoms with Gasteiger partial charge < -0.3 is 15.4 Å². The fourth-order valence-electron chi connectivity index (χ4n) is 5.10. The predicted molar refractivity (Wildman–Crippen MR) is 134 cm³/mol. The second kappa shape index (κ2) is 10.6. The number of halogens is 3. The number of unbranched alkanes of at least 4 members (excludes halogenated alkanes) is 1. The van der Waals surface area contributed by atoms with Crippen LogP contribution in [0.5, 0.6) is 5.75 Å². The maximum atomic E-state index is 13.4. The fourth-order valence-corrected chi connectivity index (χ4v) is 5.65. The Balaban J connectivity index is 1.58. The lowest BCUT2D eigenvalue weighted by atomic mass is 9.82. The van der Waals surface area contributed by atoms with E-state index in [9.17, 15) is 31.2 Å². The highest BCUT2D eigenvalue weighted by atomic mass is 32.2. The molecule has 9 nitrogen and oxygen atoms in total. The van der Waals surface area contributed by atoms with Gasteiger partial charge in [-0.1, -0.05) is 19.4 Å². The largest absolute Gasteiger partial charge is 0.494 e. The van der Waals surface area contributed by atoms with E-state index in [0.29, 0.717) is 37.3 Å². The lowest BCUT2D eigenvalue weighted by Crippen LogP contribution is -2.50. The number of hydrogen-bond donors (Lipinski definition) is 2. The Labute approximate surface area is 219 Å². The number of carbonyl (C=O) groups is 2. The van der Waals surface area contributed by atoms with Crippen molar-refractivity contribution in [2.45, 2.75) is 70.1 Å². The van der Waals surface area contributed by atoms with Gasteiger partial charge in [0.2, 0.25) is 5.91 Å². The average Bonchev–Trinajstić information content (AvgIpc) is 3.31. The van der Waals surface area contributed by atoms with E-state index < -0.39 is 45.5 Å². The first-order valence-electron chi connectivity index (χ1n) is 12.5. The molecule has 1 atom stereocenters. The number of aromatic nitrogens is 2. The van der Waals surface area contributed by atoms with Crippen molar-refractivity contribution in [1.29, 1.82) is 0 Å². The summed E-state index contributed by atoms with van der Waals surface area (Å²) in [7, 11) is -3.56. The van der Waals surface area contributed by atoms with Gasteiger partial charge in [0.25, 0.3) is 5.91 Å². The molecule has 2 aromatic rings. The number of rotatable bonds is 10. The number of carbonyl (C=O) groups excluding carboxylic acids is 2. The third-order valence-electron chi connectivity index (χ3n) is 6.77. The lowest BCUT2D eigenvalue weighted by Gasteiger charge is -2.36. The van der Waals surface area contributed by atoms with E-state index in [4.69, 9.17) is 4.74 Å². The van der Waals surface area contributed by atoms with E-state index in [0.717, 1.165) is 30.2 Å². The molecule has 1 aromatic heterocycles. The number of anilines is 1. The van der Waals surface area contributed by atoms with Gasteiger partial charge in [0.05, 0.1) is 17.8 Å². The molecule has 4 rings (SSSR count). The van der Waals surface area contributed by atoms with E-state index in [1.807, 2.05) is 19.1 Å². The highest BCUT2D eigenvalue weighted by molar-refractivity contribution is 7.91. The Morgan fingerprint density at radius 1 is 1.29 bits per heavy atom. The number of aryl methyl sites for hydroxylation is 2. The summed E-state index contributed by atoms with van der Waals surface area (Å²) < 4.78 is 67.5. The SMILES string of the molecule is CCCCn1nc(NC(=O)CS(C)(=O)=O)c2c1C[C@]1(CCc3cc(OCCCC(F)(F)F)ccc31)NC2=O. The predicted octanol–water partition coefficient (Wildman–Crippen LogP) is 3.52. The number of hydrogen-bond acceptors (Lipinski definition) is 6. The van der Waals surface area contributed by atoms with Gasteiger partial charge in [0.1, 0.15) is 17.1 Å². The second-order valence-electron chi connectivity index (χ2n) is 9.96. The molecule has 1 aliphatic heterocycles. The van der Waals surface area contributed by atoms with Crippen LogP contribution in [0.2, 0.25) is 0 Å². The zero-order chi connectivity index (χ0) is 27.7. The third kappa shape index (κ3) is 6.30. The maximum absolute atomic E-state index is 13.4. The van der Waals surface area contributed by atoms with Gasteiger partial charge in [-0.25, -0.2) is 8.42 Å². The van der Waals surface area contributed by atoms with Crippen LogP contribution < -0.4 is 15.4 Å². The molecular formula is C25H31F3N4O5S. The molecule has 0 saturated heterocycles. The topological polar surface area (TPSA) is 119 Å². The molecule has 2 amide bonds. The first kappa shape index (κ1) is 27.9. The van der Waals surface area contributed by atoms with Gasteiger partial charge in [-0.05, 0) is 48.9 Å². The first-order valence-corrected chi connectivity index (χ1v) is 14.6. The van der Waals surface area contributed by atoms with Gasteiger partial charge in [-0.2, -0.15) is 18.3 Å². The molecule has 0 fully saturated rings. The molecule has 2 aliphatic rings. The fraction of sp³-hybridized carbons (Fsp3) is 0.560. The van der Waals surface area contributed by atoms with Crippen molar-refractivity contribution in [3.8, 4) is 5.75 Å². The van der Waals surface area contributed by atoms with Crippen molar-refractivity contribution in [3.63, 3.8) is 0 Å². The Kier molecular flexibility index (Phi) is 7.78. The number of nitrogens with one attached hydrogen (secondary N) is 2. The van der Waals surface area contributed by atoms with Crippen LogP contribution in [0.25, 0.3) is 0 Å². The molecule has 1 spiro atoms. The molecule has 0 unspecified atom stereocenters. The quantitative estimate of drug-likeness (QED) is 0.433. The Hall–Kier alpha value is -3.09. The van der Waals surface area contributed by atoms with E-state index in [1.165, 1.54) is 0 Å². The molecule has 2 N–H and O–H groups in total. The molecule has 38 heavy (non-hydrogen) atoms. The number of ether oxygens (including phenoxy) is 1. The first-order chi connectivity index (χ1) is 17.8. The number of amides is 2. The minimum atomic E-state index is -4.22. The van der Waals surface area contributed by atoms with E-state index in [1.54, 1.807) is 10.7 Å². The van der Waals surface area contributed by atoms with Crippen LogP contribution in [0.15, 0.2) is 18.2 Å². The van der Waals surface area contributed by atoms with Crippen LogP contribution in [0.3, 0.4) is 0 Å². The zero-order valence-electron chi connectivity index (χ0n) is 21.3. The average molecular weight is 557 g/mol. The van der Waals surface area contributed by atoms with Crippen LogP contribution in [-0.2, 0) is 39.6 Å². The normalized spacial score (nSPS) is 18.7. The van der Waals surface area contributed by atoms with E-state index >= 15 is 0 Å². The van der Waals surface area contributed by atoms with Crippen LogP contribution in [0.4, 0.5) is 19.0 Å². The lowest BCUT2D eigenvalue weighted by molar-refractivity contribution is -0.136. The summed E-state index contributed by atoms with van der Waals surface area (Å²) in [6, 6.07) is 5.35. The van der Waals surface area contributed by atoms with E-state index in [2.05, 4.69) is 15.7 Å². The molecule has 0 bridgehead atoms. The van der Waals surface area contributed by atoms with Crippen molar-refractivity contribution >= 4 is 27.5 Å². The molecule has 0 radical (unpaired) electrons. The number of alkyl halides is 3. The minimum absolute atomic E-state index is 0.0397. The van der Waals surface area contributed by atoms with Gasteiger partial charge in [-0.15, -0.1) is 0 Å². The summed E-state index contributed by atoms with van der Waals surface area (Å²) in [5.74, 6) is -1.38. The summed E-state index contributed by atoms with van der Waals surface area (Å²) in [5.41, 5.74) is 2.05. The zero-order valence-corrected chi connectivity index (χ0v) is 22.1. The minimum Gasteiger partial charge on any atom is -0.494 e. The molecule has 2 heterocycles. The summed E-state index contributed by atoms with van der Waals surface area (Å²) >= 11 is 0. The number of nitrogens with zero attached hydrogens (tertiary/aromatic N) is 2. The monoisotopic (exact) mass is 556 g/mol. The maximum Gasteiger partial charge on any atom is 0.389 e. The summed E-state index contributed by atoms with van der Waals surface area (Å²) in [5, 5.41) is 10.1. The van der Waals surface area contributed by atoms with Crippen LogP contribution in [0, 0.1) is 0 Å². The van der Waals surface area contributed by atoms with Crippen LogP contribution in [0.1, 0.15) is 66.2 Å². The van der Waals surface area contributed by atoms with Crippen molar-refractivity contribution in [2.24, 2.45) is 0 Å². The van der Waals surface area contributed by atoms with Gasteiger partial charge in [0, 0.05) is 25.6 Å². The highest BCUT2D eigenvalue weighted by Gasteiger charge is 2.46. The second-order valence-corrected chi connectivity index (χ2v) is 12.1. The summed E-state index contributed by atoms with van der Waals surface area (Å²) in [4.78, 5) is 25.7. The third-order valence-corrected chi connectivity index (χ3v) is 7.55. The summed E-state index contributed by atoms with van der Waals surface area (Å²) in [6.45, 7) is 2.50. The Bertz CT molecular complexity index is 1340. The number of sulfone groups is 1. The number of benzene rings is 1. The van der Waals surface area contributed by atoms with Crippen molar-refractivity contribution in [3.05, 3.63) is 40.6 Å². The van der Waals surface area contributed by atoms with Crippen molar-refractivity contribution in [2.75, 3.05) is 23.9 Å². The van der Waals surface area contributed by atoms with Gasteiger partial charge in [-0.3, -0.25) is 14.3 Å². The number of fused-ring (bicyclic) bond motifs is 3. The van der Waals surface area contributed by atoms with Crippen LogP contribution in [-0.4, -0.2) is 54.8 Å². The molecule has 1 aromatic carbocycles. The Morgan fingerprint density at radius 2 is 2.05 bits per heavy atom. The van der Waals surface area contributed by atoms with E-state index in [-0.39, 0.29) is 24.4 Å². The smallest absolute Gasteiger partial charge is 0.389 e. The van der Waals surface area contributed by atoms with Gasteiger partial charge in [0.15, 0.2) is 15.7 Å². The molecular weight excluding hydrogens is 525 g/mol. The molecule has 0 saturated carbocycles. The van der Waals surface area contributed by atoms with Crippen molar-refractivity contribution in [1.82, 2.24) is 15.1 Å². The van der Waals surface area contributed by atoms with Crippen molar-refractivity contribution < 1.29 is 35.9 Å². The van der Waals surface area contributed by atoms with Gasteiger partial charge >= 0.3 is 6.18 Å². The molecule has 208 valence electrons. The highest BCUT2D eigenvalue weighted by Crippen LogP contribution is 2.44. The molecule has 13 heteroatoms. The molecule has 1 aliphatic carbocycles. The Morgan fingerprint density at radius 3 is 2.74 bits per heavy atom.